The zero-order chi connectivity index (χ0) is 17.1. The van der Waals surface area contributed by atoms with Crippen molar-refractivity contribution in [3.05, 3.63) is 71.6 Å². The van der Waals surface area contributed by atoms with E-state index in [0.29, 0.717) is 23.0 Å². The van der Waals surface area contributed by atoms with Crippen LogP contribution in [-0.4, -0.2) is 25.8 Å². The number of hydrogen-bond donors (Lipinski definition) is 1. The van der Waals surface area contributed by atoms with E-state index in [1.807, 2.05) is 35.7 Å². The van der Waals surface area contributed by atoms with Crippen LogP contribution in [0.3, 0.4) is 0 Å². The van der Waals surface area contributed by atoms with Crippen LogP contribution >= 0.6 is 11.3 Å². The standard InChI is InChI=1S/C17H13N5O2S/c23-16(14-8-15(24-21-14)17-18-6-7-25-17)20-13-9-19-22(11-13)10-12-4-2-1-3-5-12/h1-9,11H,10H2,(H,20,23). The second-order valence-corrected chi connectivity index (χ2v) is 6.17. The lowest BCUT2D eigenvalue weighted by Crippen LogP contribution is -2.11. The number of carbonyl (C=O) groups excluding carboxylic acids is 1. The molecular formula is C17H13N5O2S. The fraction of sp³-hybridized carbons (Fsp3) is 0.0588. The number of aromatic nitrogens is 4. The van der Waals surface area contributed by atoms with Gasteiger partial charge in [-0.2, -0.15) is 5.10 Å². The van der Waals surface area contributed by atoms with Crippen LogP contribution in [0, 0.1) is 0 Å². The normalized spacial score (nSPS) is 10.7. The van der Waals surface area contributed by atoms with Crippen LogP contribution in [0.15, 0.2) is 64.9 Å². The molecule has 0 aliphatic heterocycles. The Kier molecular flexibility index (Phi) is 4.09. The van der Waals surface area contributed by atoms with E-state index in [0.717, 1.165) is 5.56 Å². The first kappa shape index (κ1) is 15.3. The summed E-state index contributed by atoms with van der Waals surface area (Å²) in [7, 11) is 0. The van der Waals surface area contributed by atoms with Gasteiger partial charge in [-0.05, 0) is 5.56 Å². The van der Waals surface area contributed by atoms with E-state index in [1.54, 1.807) is 29.3 Å². The Morgan fingerprint density at radius 2 is 2.16 bits per heavy atom. The van der Waals surface area contributed by atoms with Gasteiger partial charge in [-0.1, -0.05) is 35.5 Å². The lowest BCUT2D eigenvalue weighted by molar-refractivity contribution is 0.101. The van der Waals surface area contributed by atoms with E-state index in [2.05, 4.69) is 20.6 Å². The van der Waals surface area contributed by atoms with Crippen molar-refractivity contribution in [3.63, 3.8) is 0 Å². The van der Waals surface area contributed by atoms with Crippen molar-refractivity contribution in [2.75, 3.05) is 5.32 Å². The summed E-state index contributed by atoms with van der Waals surface area (Å²) < 4.78 is 6.93. The zero-order valence-corrected chi connectivity index (χ0v) is 13.8. The molecule has 3 aromatic heterocycles. The SMILES string of the molecule is O=C(Nc1cnn(Cc2ccccc2)c1)c1cc(-c2nccs2)on1. The van der Waals surface area contributed by atoms with Crippen LogP contribution in [0.4, 0.5) is 5.69 Å². The number of hydrogen-bond acceptors (Lipinski definition) is 6. The quantitative estimate of drug-likeness (QED) is 0.596. The van der Waals surface area contributed by atoms with Crippen molar-refractivity contribution in [3.8, 4) is 10.8 Å². The van der Waals surface area contributed by atoms with Crippen LogP contribution in [0.5, 0.6) is 0 Å². The lowest BCUT2D eigenvalue weighted by atomic mass is 10.2. The van der Waals surface area contributed by atoms with Gasteiger partial charge in [0.2, 0.25) is 0 Å². The molecule has 1 aromatic carbocycles. The molecule has 0 bridgehead atoms. The van der Waals surface area contributed by atoms with Crippen molar-refractivity contribution in [1.82, 2.24) is 19.9 Å². The maximum atomic E-state index is 12.3. The summed E-state index contributed by atoms with van der Waals surface area (Å²) in [5.41, 5.74) is 1.92. The summed E-state index contributed by atoms with van der Waals surface area (Å²) in [5.74, 6) is 0.116. The molecule has 0 unspecified atom stereocenters. The fourth-order valence-electron chi connectivity index (χ4n) is 2.31. The molecule has 1 amide bonds. The monoisotopic (exact) mass is 351 g/mol. The summed E-state index contributed by atoms with van der Waals surface area (Å²) in [4.78, 5) is 16.4. The third-order valence-corrected chi connectivity index (χ3v) is 4.25. The van der Waals surface area contributed by atoms with Crippen molar-refractivity contribution in [2.45, 2.75) is 6.54 Å². The Hall–Kier alpha value is -3.26. The Morgan fingerprint density at radius 1 is 1.28 bits per heavy atom. The van der Waals surface area contributed by atoms with Gasteiger partial charge >= 0.3 is 0 Å². The van der Waals surface area contributed by atoms with Crippen LogP contribution in [0.1, 0.15) is 16.1 Å². The summed E-state index contributed by atoms with van der Waals surface area (Å²) >= 11 is 1.42. The van der Waals surface area contributed by atoms with Crippen molar-refractivity contribution in [2.24, 2.45) is 0 Å². The molecule has 124 valence electrons. The van der Waals surface area contributed by atoms with Crippen molar-refractivity contribution >= 4 is 22.9 Å². The Bertz CT molecular complexity index is 976. The van der Waals surface area contributed by atoms with E-state index in [9.17, 15) is 4.79 Å². The van der Waals surface area contributed by atoms with Gasteiger partial charge in [-0.15, -0.1) is 11.3 Å². The average molecular weight is 351 g/mol. The Labute approximate surface area is 146 Å². The molecule has 7 nitrogen and oxygen atoms in total. The molecule has 4 rings (SSSR count). The minimum atomic E-state index is -0.356. The topological polar surface area (TPSA) is 85.8 Å². The van der Waals surface area contributed by atoms with Gasteiger partial charge in [0.25, 0.3) is 5.91 Å². The largest absolute Gasteiger partial charge is 0.353 e. The minimum Gasteiger partial charge on any atom is -0.353 e. The molecule has 0 aliphatic rings. The highest BCUT2D eigenvalue weighted by Gasteiger charge is 2.15. The van der Waals surface area contributed by atoms with Crippen LogP contribution < -0.4 is 5.32 Å². The summed E-state index contributed by atoms with van der Waals surface area (Å²) in [6, 6.07) is 11.5. The molecule has 0 radical (unpaired) electrons. The number of carbonyl (C=O) groups is 1. The van der Waals surface area contributed by atoms with E-state index < -0.39 is 0 Å². The molecule has 4 aromatic rings. The first-order valence-corrected chi connectivity index (χ1v) is 8.40. The molecular weight excluding hydrogens is 338 g/mol. The first-order valence-electron chi connectivity index (χ1n) is 7.52. The molecule has 0 fully saturated rings. The second kappa shape index (κ2) is 6.70. The van der Waals surface area contributed by atoms with Gasteiger partial charge in [0.15, 0.2) is 16.5 Å². The number of benzene rings is 1. The number of amides is 1. The molecule has 3 heterocycles. The smallest absolute Gasteiger partial charge is 0.277 e. The number of thiazole rings is 1. The number of nitrogens with one attached hydrogen (secondary N) is 1. The third kappa shape index (κ3) is 3.48. The van der Waals surface area contributed by atoms with E-state index in [-0.39, 0.29) is 11.6 Å². The van der Waals surface area contributed by atoms with Crippen LogP contribution in [-0.2, 0) is 6.54 Å². The number of anilines is 1. The lowest BCUT2D eigenvalue weighted by Gasteiger charge is -2.01. The maximum Gasteiger partial charge on any atom is 0.277 e. The molecule has 0 saturated carbocycles. The molecule has 0 atom stereocenters. The molecule has 0 aliphatic carbocycles. The highest BCUT2D eigenvalue weighted by Crippen LogP contribution is 2.22. The summed E-state index contributed by atoms with van der Waals surface area (Å²) in [6.45, 7) is 0.634. The highest BCUT2D eigenvalue weighted by atomic mass is 32.1. The summed E-state index contributed by atoms with van der Waals surface area (Å²) in [6.07, 6.45) is 5.04. The predicted molar refractivity (Wildman–Crippen MR) is 93.3 cm³/mol. The van der Waals surface area contributed by atoms with Crippen molar-refractivity contribution in [1.29, 1.82) is 0 Å². The predicted octanol–water partition coefficient (Wildman–Crippen LogP) is 3.30. The average Bonchev–Trinajstić information content (AvgIpc) is 3.37. The Morgan fingerprint density at radius 3 is 2.96 bits per heavy atom. The molecule has 25 heavy (non-hydrogen) atoms. The van der Waals surface area contributed by atoms with Gasteiger partial charge in [-0.25, -0.2) is 4.98 Å². The minimum absolute atomic E-state index is 0.195. The zero-order valence-electron chi connectivity index (χ0n) is 13.0. The molecule has 1 N–H and O–H groups in total. The first-order chi connectivity index (χ1) is 12.3. The van der Waals surface area contributed by atoms with E-state index in [1.165, 1.54) is 11.3 Å². The van der Waals surface area contributed by atoms with E-state index in [4.69, 9.17) is 4.52 Å². The Balaban J connectivity index is 1.43. The third-order valence-electron chi connectivity index (χ3n) is 3.46. The van der Waals surface area contributed by atoms with Crippen LogP contribution in [0.2, 0.25) is 0 Å². The molecule has 8 heteroatoms. The molecule has 0 spiro atoms. The maximum absolute atomic E-state index is 12.3. The number of rotatable bonds is 5. The van der Waals surface area contributed by atoms with Crippen LogP contribution in [0.25, 0.3) is 10.8 Å². The fourth-order valence-corrected chi connectivity index (χ4v) is 2.89. The van der Waals surface area contributed by atoms with Gasteiger partial charge < -0.3 is 9.84 Å². The van der Waals surface area contributed by atoms with Gasteiger partial charge in [0.1, 0.15) is 0 Å². The molecule has 0 saturated heterocycles. The highest BCUT2D eigenvalue weighted by molar-refractivity contribution is 7.13. The van der Waals surface area contributed by atoms with Gasteiger partial charge in [0.05, 0.1) is 18.4 Å². The number of nitrogens with zero attached hydrogens (tertiary/aromatic N) is 4. The van der Waals surface area contributed by atoms with Gasteiger partial charge in [0, 0.05) is 23.8 Å². The summed E-state index contributed by atoms with van der Waals surface area (Å²) in [5, 5.41) is 13.3. The van der Waals surface area contributed by atoms with E-state index >= 15 is 0 Å². The van der Waals surface area contributed by atoms with Gasteiger partial charge in [-0.3, -0.25) is 9.48 Å². The van der Waals surface area contributed by atoms with Crippen molar-refractivity contribution < 1.29 is 9.32 Å². The second-order valence-electron chi connectivity index (χ2n) is 5.28.